The Morgan fingerprint density at radius 1 is 1.33 bits per heavy atom. The number of ether oxygens (including phenoxy) is 1. The highest BCUT2D eigenvalue weighted by Crippen LogP contribution is 2.36. The molecule has 0 aromatic heterocycles. The van der Waals surface area contributed by atoms with Crippen LogP contribution < -0.4 is 0 Å². The molecule has 0 heterocycles. The Kier molecular flexibility index (Phi) is 7.59. The average molecular weight is 382 g/mol. The van der Waals surface area contributed by atoms with E-state index in [1.165, 1.54) is 0 Å². The largest absolute Gasteiger partial charge is 0.481 e. The molecule has 0 bridgehead atoms. The number of carbonyl (C=O) groups is 2. The highest BCUT2D eigenvalue weighted by molar-refractivity contribution is 9.11. The van der Waals surface area contributed by atoms with Crippen molar-refractivity contribution in [3.05, 3.63) is 10.1 Å². The molecule has 18 heavy (non-hydrogen) atoms. The Balaban J connectivity index is 4.85. The molecular weight excluding hydrogens is 370 g/mol. The van der Waals surface area contributed by atoms with Gasteiger partial charge in [-0.2, -0.15) is 0 Å². The third kappa shape index (κ3) is 8.19. The summed E-state index contributed by atoms with van der Waals surface area (Å²) in [5.41, 5.74) is 0.831. The molecule has 0 rings (SSSR count). The summed E-state index contributed by atoms with van der Waals surface area (Å²) in [7, 11) is 0. The molecule has 0 aromatic rings. The Hall–Kier alpha value is 0.0300. The molecule has 1 unspecified atom stereocenters. The van der Waals surface area contributed by atoms with Crippen molar-refractivity contribution in [3.63, 3.8) is 0 Å². The molecule has 104 valence electrons. The van der Waals surface area contributed by atoms with Crippen molar-refractivity contribution < 1.29 is 19.4 Å². The van der Waals surface area contributed by atoms with E-state index in [0.29, 0.717) is 4.48 Å². The van der Waals surface area contributed by atoms with Gasteiger partial charge < -0.3 is 9.84 Å². The molecule has 0 amide bonds. The molecule has 0 saturated carbocycles. The van der Waals surface area contributed by atoms with E-state index >= 15 is 0 Å². The molecule has 0 fully saturated rings. The minimum Gasteiger partial charge on any atom is -0.481 e. The summed E-state index contributed by atoms with van der Waals surface area (Å²) in [6.07, 6.45) is -1.64. The number of carbonyl (C=O) groups excluding carboxylic acids is 1. The van der Waals surface area contributed by atoms with Gasteiger partial charge in [-0.1, -0.05) is 56.3 Å². The van der Waals surface area contributed by atoms with Crippen molar-refractivity contribution in [2.75, 3.05) is 0 Å². The van der Waals surface area contributed by atoms with Gasteiger partial charge in [-0.3, -0.25) is 9.59 Å². The monoisotopic (exact) mass is 380 g/mol. The predicted octanol–water partition coefficient (Wildman–Crippen LogP) is 3.82. The molecular formula is C10H12BrCl3O4. The lowest BCUT2D eigenvalue weighted by Gasteiger charge is -2.22. The van der Waals surface area contributed by atoms with Crippen LogP contribution in [0, 0.1) is 0 Å². The zero-order chi connectivity index (χ0) is 14.5. The molecule has 1 atom stereocenters. The van der Waals surface area contributed by atoms with Gasteiger partial charge in [0.05, 0.1) is 0 Å². The van der Waals surface area contributed by atoms with E-state index in [4.69, 9.17) is 44.6 Å². The molecule has 0 saturated heterocycles. The van der Waals surface area contributed by atoms with Crippen LogP contribution in [-0.2, 0) is 14.3 Å². The number of allylic oxidation sites excluding steroid dienone is 1. The maximum absolute atomic E-state index is 11.3. The molecule has 0 spiro atoms. The van der Waals surface area contributed by atoms with Gasteiger partial charge in [0, 0.05) is 10.9 Å². The smallest absolute Gasteiger partial charge is 0.317 e. The summed E-state index contributed by atoms with van der Waals surface area (Å²) >= 11 is 20.2. The van der Waals surface area contributed by atoms with Crippen LogP contribution in [0.5, 0.6) is 0 Å². The Labute approximate surface area is 128 Å². The molecule has 0 aliphatic rings. The lowest BCUT2D eigenvalue weighted by atomic mass is 10.2. The number of halogens is 4. The minimum absolute atomic E-state index is 0.0746. The van der Waals surface area contributed by atoms with Crippen LogP contribution in [0.4, 0.5) is 0 Å². The third-order valence-electron chi connectivity index (χ3n) is 1.75. The fraction of sp³-hybridized carbons (Fsp3) is 0.600. The standard InChI is InChI=1S/C10H12BrCl3O4/c1-5(2)9(11)6(4-10(12,13)14)18-8(17)3-7(15)16/h6H,3-4H2,1-2H3,(H,15,16). The lowest BCUT2D eigenvalue weighted by molar-refractivity contribution is -0.153. The summed E-state index contributed by atoms with van der Waals surface area (Å²) in [6, 6.07) is 0. The lowest BCUT2D eigenvalue weighted by Crippen LogP contribution is -2.25. The number of hydrogen-bond donors (Lipinski definition) is 1. The van der Waals surface area contributed by atoms with E-state index in [9.17, 15) is 9.59 Å². The van der Waals surface area contributed by atoms with Gasteiger partial charge in [0.15, 0.2) is 3.79 Å². The van der Waals surface area contributed by atoms with Gasteiger partial charge in [0.1, 0.15) is 12.5 Å². The van der Waals surface area contributed by atoms with Crippen LogP contribution in [0.15, 0.2) is 10.1 Å². The molecule has 0 aliphatic carbocycles. The van der Waals surface area contributed by atoms with Gasteiger partial charge in [-0.15, -0.1) is 0 Å². The maximum atomic E-state index is 11.3. The van der Waals surface area contributed by atoms with E-state index in [0.717, 1.165) is 5.57 Å². The van der Waals surface area contributed by atoms with Crippen molar-refractivity contribution >= 4 is 62.7 Å². The van der Waals surface area contributed by atoms with E-state index in [2.05, 4.69) is 15.9 Å². The minimum atomic E-state index is -1.61. The number of carboxylic acids is 1. The van der Waals surface area contributed by atoms with E-state index < -0.39 is 28.3 Å². The predicted molar refractivity (Wildman–Crippen MR) is 74.3 cm³/mol. The summed E-state index contributed by atoms with van der Waals surface area (Å²) in [5.74, 6) is -2.17. The van der Waals surface area contributed by atoms with Crippen LogP contribution in [0.2, 0.25) is 0 Å². The average Bonchev–Trinajstić information content (AvgIpc) is 2.11. The Morgan fingerprint density at radius 2 is 1.83 bits per heavy atom. The zero-order valence-electron chi connectivity index (χ0n) is 9.68. The topological polar surface area (TPSA) is 63.6 Å². The van der Waals surface area contributed by atoms with Crippen molar-refractivity contribution in [2.45, 2.75) is 36.6 Å². The van der Waals surface area contributed by atoms with Crippen LogP contribution in [0.25, 0.3) is 0 Å². The normalized spacial score (nSPS) is 12.8. The number of rotatable bonds is 5. The quantitative estimate of drug-likeness (QED) is 0.446. The van der Waals surface area contributed by atoms with E-state index in [1.54, 1.807) is 13.8 Å². The fourth-order valence-corrected chi connectivity index (χ4v) is 1.71. The van der Waals surface area contributed by atoms with Crippen LogP contribution in [0.3, 0.4) is 0 Å². The van der Waals surface area contributed by atoms with Gasteiger partial charge in [0.2, 0.25) is 0 Å². The van der Waals surface area contributed by atoms with E-state index in [1.807, 2.05) is 0 Å². The van der Waals surface area contributed by atoms with Gasteiger partial charge in [-0.05, 0) is 13.8 Å². The van der Waals surface area contributed by atoms with Crippen LogP contribution >= 0.6 is 50.7 Å². The number of hydrogen-bond acceptors (Lipinski definition) is 3. The van der Waals surface area contributed by atoms with Gasteiger partial charge >= 0.3 is 11.9 Å². The van der Waals surface area contributed by atoms with Gasteiger partial charge in [0.25, 0.3) is 0 Å². The summed E-state index contributed by atoms with van der Waals surface area (Å²) in [5, 5.41) is 8.47. The van der Waals surface area contributed by atoms with Crippen molar-refractivity contribution in [1.29, 1.82) is 0 Å². The summed E-state index contributed by atoms with van der Waals surface area (Å²) < 4.78 is 3.92. The number of aliphatic carboxylic acids is 1. The highest BCUT2D eigenvalue weighted by Gasteiger charge is 2.30. The molecule has 1 N–H and O–H groups in total. The van der Waals surface area contributed by atoms with Gasteiger partial charge in [-0.25, -0.2) is 0 Å². The Morgan fingerprint density at radius 3 is 2.17 bits per heavy atom. The van der Waals surface area contributed by atoms with Crippen LogP contribution in [0.1, 0.15) is 26.7 Å². The first-order chi connectivity index (χ1) is 8.03. The summed E-state index contributed by atoms with van der Waals surface area (Å²) in [6.45, 7) is 3.56. The second kappa shape index (κ2) is 7.58. The van der Waals surface area contributed by atoms with Crippen molar-refractivity contribution in [2.24, 2.45) is 0 Å². The highest BCUT2D eigenvalue weighted by atomic mass is 79.9. The van der Waals surface area contributed by atoms with Crippen molar-refractivity contribution in [3.8, 4) is 0 Å². The SMILES string of the molecule is CC(C)=C(Br)C(CC(Cl)(Cl)Cl)OC(=O)CC(=O)O. The van der Waals surface area contributed by atoms with E-state index in [-0.39, 0.29) is 6.42 Å². The second-order valence-corrected chi connectivity index (χ2v) is 7.09. The molecule has 0 radical (unpaired) electrons. The first-order valence-electron chi connectivity index (χ1n) is 4.84. The number of esters is 1. The Bertz CT molecular complexity index is 359. The molecule has 8 heteroatoms. The fourth-order valence-electron chi connectivity index (χ4n) is 1.04. The molecule has 0 aliphatic heterocycles. The zero-order valence-corrected chi connectivity index (χ0v) is 13.5. The second-order valence-electron chi connectivity index (χ2n) is 3.72. The first-order valence-corrected chi connectivity index (χ1v) is 6.76. The third-order valence-corrected chi connectivity index (χ3v) is 3.51. The number of alkyl halides is 3. The van der Waals surface area contributed by atoms with Crippen molar-refractivity contribution in [1.82, 2.24) is 0 Å². The maximum Gasteiger partial charge on any atom is 0.317 e. The first kappa shape index (κ1) is 18.0. The molecule has 4 nitrogen and oxygen atoms in total. The van der Waals surface area contributed by atoms with Crippen LogP contribution in [-0.4, -0.2) is 26.9 Å². The molecule has 0 aromatic carbocycles. The summed E-state index contributed by atoms with van der Waals surface area (Å²) in [4.78, 5) is 21.7. The number of carboxylic acid groups (broad SMARTS) is 1.